The quantitative estimate of drug-likeness (QED) is 0.609. The molecule has 0 fully saturated rings. The zero-order chi connectivity index (χ0) is 14.3. The van der Waals surface area contributed by atoms with Crippen LogP contribution in [0.15, 0.2) is 18.2 Å². The molecule has 0 saturated heterocycles. The van der Waals surface area contributed by atoms with Crippen LogP contribution in [-0.2, 0) is 0 Å². The third kappa shape index (κ3) is 3.92. The van der Waals surface area contributed by atoms with Gasteiger partial charge in [0.15, 0.2) is 0 Å². The molecule has 1 aromatic rings. The van der Waals surface area contributed by atoms with Crippen LogP contribution in [0.2, 0.25) is 0 Å². The summed E-state index contributed by atoms with van der Waals surface area (Å²) in [6.45, 7) is 4.34. The summed E-state index contributed by atoms with van der Waals surface area (Å²) < 4.78 is 5.42. The van der Waals surface area contributed by atoms with E-state index in [0.29, 0.717) is 23.6 Å². The monoisotopic (exact) mass is 260 g/mol. The minimum Gasteiger partial charge on any atom is -0.493 e. The average molecular weight is 260 g/mol. The Morgan fingerprint density at radius 3 is 2.84 bits per heavy atom. The molecule has 0 radical (unpaired) electrons. The fourth-order valence-electron chi connectivity index (χ4n) is 1.78. The van der Waals surface area contributed by atoms with Crippen molar-refractivity contribution in [1.82, 2.24) is 5.32 Å². The van der Waals surface area contributed by atoms with E-state index in [1.165, 1.54) is 0 Å². The Bertz CT molecular complexity index is 478. The molecule has 0 spiro atoms. The van der Waals surface area contributed by atoms with E-state index in [4.69, 9.17) is 16.9 Å². The summed E-state index contributed by atoms with van der Waals surface area (Å²) in [6, 6.07) is 4.86. The number of carbonyl (C=O) groups is 1. The van der Waals surface area contributed by atoms with Crippen molar-refractivity contribution in [2.75, 3.05) is 12.3 Å². The molecule has 0 aliphatic carbocycles. The number of terminal acetylenes is 1. The lowest BCUT2D eigenvalue weighted by molar-refractivity contribution is 0.0941. The summed E-state index contributed by atoms with van der Waals surface area (Å²) in [7, 11) is 0. The van der Waals surface area contributed by atoms with E-state index >= 15 is 0 Å². The smallest absolute Gasteiger partial charge is 0.258 e. The zero-order valence-electron chi connectivity index (χ0n) is 11.4. The van der Waals surface area contributed by atoms with Crippen molar-refractivity contribution in [1.29, 1.82) is 0 Å². The van der Waals surface area contributed by atoms with E-state index in [0.717, 1.165) is 12.8 Å². The van der Waals surface area contributed by atoms with Gasteiger partial charge in [-0.05, 0) is 25.5 Å². The molecule has 19 heavy (non-hydrogen) atoms. The first kappa shape index (κ1) is 14.9. The highest BCUT2D eigenvalue weighted by atomic mass is 16.5. The molecule has 0 aliphatic heterocycles. The van der Waals surface area contributed by atoms with Gasteiger partial charge >= 0.3 is 0 Å². The molecule has 1 unspecified atom stereocenters. The van der Waals surface area contributed by atoms with Crippen molar-refractivity contribution in [2.24, 2.45) is 0 Å². The summed E-state index contributed by atoms with van der Waals surface area (Å²) >= 11 is 0. The van der Waals surface area contributed by atoms with Crippen molar-refractivity contribution in [3.63, 3.8) is 0 Å². The molecule has 0 aromatic heterocycles. The van der Waals surface area contributed by atoms with E-state index in [-0.39, 0.29) is 11.9 Å². The van der Waals surface area contributed by atoms with Gasteiger partial charge in [-0.1, -0.05) is 25.3 Å². The molecule has 4 nitrogen and oxygen atoms in total. The van der Waals surface area contributed by atoms with Crippen molar-refractivity contribution in [2.45, 2.75) is 32.7 Å². The number of nitrogens with two attached hydrogens (primary N) is 1. The predicted octanol–water partition coefficient (Wildman–Crippen LogP) is 2.20. The van der Waals surface area contributed by atoms with E-state index in [1.807, 2.05) is 13.8 Å². The van der Waals surface area contributed by atoms with Crippen LogP contribution in [0, 0.1) is 12.3 Å². The number of carbonyl (C=O) groups excluding carboxylic acids is 1. The van der Waals surface area contributed by atoms with Crippen molar-refractivity contribution >= 4 is 11.6 Å². The van der Waals surface area contributed by atoms with Crippen molar-refractivity contribution in [3.05, 3.63) is 23.8 Å². The van der Waals surface area contributed by atoms with Gasteiger partial charge in [0.25, 0.3) is 5.91 Å². The highest BCUT2D eigenvalue weighted by molar-refractivity contribution is 6.02. The van der Waals surface area contributed by atoms with Crippen LogP contribution in [0.3, 0.4) is 0 Å². The summed E-state index contributed by atoms with van der Waals surface area (Å²) in [4.78, 5) is 12.2. The van der Waals surface area contributed by atoms with E-state index < -0.39 is 0 Å². The lowest BCUT2D eigenvalue weighted by atomic mass is 10.1. The first-order chi connectivity index (χ1) is 9.13. The molecule has 0 saturated carbocycles. The van der Waals surface area contributed by atoms with Gasteiger partial charge in [-0.25, -0.2) is 0 Å². The van der Waals surface area contributed by atoms with Crippen molar-refractivity contribution in [3.8, 4) is 18.1 Å². The second-order valence-corrected chi connectivity index (χ2v) is 4.13. The Morgan fingerprint density at radius 1 is 1.53 bits per heavy atom. The standard InChI is InChI=1S/C15H20N2O2/c1-4-8-11(5-2)17-15(18)14-12(16)9-7-10-13(14)19-6-3/h2,7,9-11H,4,6,8,16H2,1,3H3,(H,17,18). The molecule has 1 aromatic carbocycles. The molecular formula is C15H20N2O2. The largest absolute Gasteiger partial charge is 0.493 e. The number of anilines is 1. The van der Waals surface area contributed by atoms with Gasteiger partial charge in [-0.15, -0.1) is 6.42 Å². The minimum atomic E-state index is -0.294. The number of nitrogen functional groups attached to an aromatic ring is 1. The maximum atomic E-state index is 12.2. The maximum absolute atomic E-state index is 12.2. The molecule has 4 heteroatoms. The van der Waals surface area contributed by atoms with Gasteiger partial charge in [0.1, 0.15) is 11.3 Å². The second-order valence-electron chi connectivity index (χ2n) is 4.13. The Morgan fingerprint density at radius 2 is 2.26 bits per heavy atom. The molecule has 3 N–H and O–H groups in total. The summed E-state index contributed by atoms with van der Waals surface area (Å²) in [5, 5.41) is 2.79. The third-order valence-corrected chi connectivity index (χ3v) is 2.67. The Hall–Kier alpha value is -2.15. The highest BCUT2D eigenvalue weighted by Gasteiger charge is 2.18. The van der Waals surface area contributed by atoms with E-state index in [2.05, 4.69) is 11.2 Å². The average Bonchev–Trinajstić information content (AvgIpc) is 2.38. The summed E-state index contributed by atoms with van der Waals surface area (Å²) in [5.41, 5.74) is 6.58. The fourth-order valence-corrected chi connectivity index (χ4v) is 1.78. The number of nitrogens with one attached hydrogen (secondary N) is 1. The molecule has 0 heterocycles. The van der Waals surface area contributed by atoms with E-state index in [1.54, 1.807) is 18.2 Å². The molecule has 0 aliphatic rings. The normalized spacial score (nSPS) is 11.4. The lowest BCUT2D eigenvalue weighted by Crippen LogP contribution is -2.34. The number of amides is 1. The highest BCUT2D eigenvalue weighted by Crippen LogP contribution is 2.24. The number of hydrogen-bond acceptors (Lipinski definition) is 3. The Balaban J connectivity index is 2.95. The van der Waals surface area contributed by atoms with Gasteiger partial charge < -0.3 is 15.8 Å². The van der Waals surface area contributed by atoms with Crippen LogP contribution in [-0.4, -0.2) is 18.6 Å². The zero-order valence-corrected chi connectivity index (χ0v) is 11.4. The van der Waals surface area contributed by atoms with Crippen LogP contribution < -0.4 is 15.8 Å². The predicted molar refractivity (Wildman–Crippen MR) is 77.0 cm³/mol. The van der Waals surface area contributed by atoms with Gasteiger partial charge in [0.05, 0.1) is 12.6 Å². The Labute approximate surface area is 114 Å². The summed E-state index contributed by atoms with van der Waals surface area (Å²) in [5.74, 6) is 2.75. The van der Waals surface area contributed by atoms with Gasteiger partial charge in [-0.3, -0.25) is 4.79 Å². The van der Waals surface area contributed by atoms with Crippen LogP contribution in [0.4, 0.5) is 5.69 Å². The van der Waals surface area contributed by atoms with Gasteiger partial charge in [0.2, 0.25) is 0 Å². The second kappa shape index (κ2) is 7.32. The topological polar surface area (TPSA) is 64.4 Å². The van der Waals surface area contributed by atoms with E-state index in [9.17, 15) is 4.79 Å². The lowest BCUT2D eigenvalue weighted by Gasteiger charge is -2.15. The van der Waals surface area contributed by atoms with Gasteiger partial charge in [0, 0.05) is 5.69 Å². The molecule has 1 amide bonds. The molecule has 1 rings (SSSR count). The van der Waals surface area contributed by atoms with Crippen LogP contribution in [0.25, 0.3) is 0 Å². The first-order valence-electron chi connectivity index (χ1n) is 6.42. The number of hydrogen-bond donors (Lipinski definition) is 2. The SMILES string of the molecule is C#CC(CCC)NC(=O)c1c(N)cccc1OCC. The first-order valence-corrected chi connectivity index (χ1v) is 6.42. The Kier molecular flexibility index (Phi) is 5.74. The molecule has 0 bridgehead atoms. The molecular weight excluding hydrogens is 240 g/mol. The number of rotatable bonds is 6. The van der Waals surface area contributed by atoms with Crippen LogP contribution >= 0.6 is 0 Å². The number of ether oxygens (including phenoxy) is 1. The fraction of sp³-hybridized carbons (Fsp3) is 0.400. The van der Waals surface area contributed by atoms with Crippen LogP contribution in [0.5, 0.6) is 5.75 Å². The molecule has 1 atom stereocenters. The maximum Gasteiger partial charge on any atom is 0.258 e. The molecule has 102 valence electrons. The third-order valence-electron chi connectivity index (χ3n) is 2.67. The van der Waals surface area contributed by atoms with Gasteiger partial charge in [-0.2, -0.15) is 0 Å². The van der Waals surface area contributed by atoms with Crippen LogP contribution in [0.1, 0.15) is 37.0 Å². The van der Waals surface area contributed by atoms with Crippen molar-refractivity contribution < 1.29 is 9.53 Å². The number of benzene rings is 1. The minimum absolute atomic E-state index is 0.286. The summed E-state index contributed by atoms with van der Waals surface area (Å²) in [6.07, 6.45) is 7.03.